The van der Waals surface area contributed by atoms with E-state index in [2.05, 4.69) is 15.3 Å². The summed E-state index contributed by atoms with van der Waals surface area (Å²) in [6.45, 7) is 2.97. The highest BCUT2D eigenvalue weighted by Gasteiger charge is 2.20. The zero-order valence-corrected chi connectivity index (χ0v) is 14.1. The van der Waals surface area contributed by atoms with Gasteiger partial charge in [-0.15, -0.1) is 0 Å². The van der Waals surface area contributed by atoms with Crippen LogP contribution in [0.25, 0.3) is 0 Å². The number of ether oxygens (including phenoxy) is 1. The van der Waals surface area contributed by atoms with Crippen LogP contribution in [0.1, 0.15) is 43.0 Å². The third-order valence-electron chi connectivity index (χ3n) is 4.43. The molecule has 0 aliphatic carbocycles. The molecule has 2 heterocycles. The van der Waals surface area contributed by atoms with Crippen LogP contribution in [-0.4, -0.2) is 32.9 Å². The van der Waals surface area contributed by atoms with E-state index in [1.807, 2.05) is 31.2 Å². The number of rotatable bonds is 5. The Hall–Kier alpha value is -2.45. The first-order valence-electron chi connectivity index (χ1n) is 8.35. The first kappa shape index (κ1) is 17.4. The van der Waals surface area contributed by atoms with Gasteiger partial charge in [-0.3, -0.25) is 4.98 Å². The van der Waals surface area contributed by atoms with E-state index < -0.39 is 11.4 Å². The highest BCUT2D eigenvalue weighted by Crippen LogP contribution is 2.18. The quantitative estimate of drug-likeness (QED) is 0.744. The van der Waals surface area contributed by atoms with Crippen molar-refractivity contribution < 1.29 is 9.84 Å². The SMILES string of the molecule is CC(Nc1nc(=O)n(C2CCOCC2)c(=O)[nH]1)c1ccc(CO)cc1. The summed E-state index contributed by atoms with van der Waals surface area (Å²) in [5.41, 5.74) is 0.758. The molecule has 2 aromatic rings. The minimum Gasteiger partial charge on any atom is -0.392 e. The van der Waals surface area contributed by atoms with E-state index in [-0.39, 0.29) is 24.6 Å². The molecule has 1 unspecified atom stereocenters. The van der Waals surface area contributed by atoms with Crippen molar-refractivity contribution in [3.05, 3.63) is 56.4 Å². The molecule has 1 aliphatic heterocycles. The van der Waals surface area contributed by atoms with Crippen LogP contribution in [0.5, 0.6) is 0 Å². The normalized spacial score (nSPS) is 16.6. The number of H-pyrrole nitrogens is 1. The Kier molecular flexibility index (Phi) is 5.30. The second kappa shape index (κ2) is 7.62. The van der Waals surface area contributed by atoms with Crippen molar-refractivity contribution in [1.29, 1.82) is 0 Å². The van der Waals surface area contributed by atoms with Gasteiger partial charge >= 0.3 is 11.4 Å². The number of anilines is 1. The molecule has 3 N–H and O–H groups in total. The average Bonchev–Trinajstić information content (AvgIpc) is 2.62. The van der Waals surface area contributed by atoms with Gasteiger partial charge in [0.15, 0.2) is 0 Å². The third-order valence-corrected chi connectivity index (χ3v) is 4.43. The number of benzene rings is 1. The Bertz CT molecular complexity index is 791. The number of aliphatic hydroxyl groups is 1. The number of hydrogen-bond donors (Lipinski definition) is 3. The van der Waals surface area contributed by atoms with E-state index in [1.54, 1.807) is 0 Å². The largest absolute Gasteiger partial charge is 0.392 e. The Labute approximate surface area is 144 Å². The fourth-order valence-electron chi connectivity index (χ4n) is 2.96. The maximum atomic E-state index is 12.3. The lowest BCUT2D eigenvalue weighted by atomic mass is 10.1. The van der Waals surface area contributed by atoms with Crippen LogP contribution >= 0.6 is 0 Å². The van der Waals surface area contributed by atoms with Gasteiger partial charge in [0, 0.05) is 19.3 Å². The van der Waals surface area contributed by atoms with Crippen LogP contribution in [0.2, 0.25) is 0 Å². The van der Waals surface area contributed by atoms with Crippen molar-refractivity contribution in [2.24, 2.45) is 0 Å². The van der Waals surface area contributed by atoms with E-state index in [0.29, 0.717) is 26.1 Å². The minimum atomic E-state index is -0.555. The molecule has 134 valence electrons. The lowest BCUT2D eigenvalue weighted by Crippen LogP contribution is -2.42. The van der Waals surface area contributed by atoms with E-state index in [0.717, 1.165) is 11.1 Å². The van der Waals surface area contributed by atoms with Crippen LogP contribution in [0.3, 0.4) is 0 Å². The smallest absolute Gasteiger partial charge is 0.355 e. The Balaban J connectivity index is 1.78. The predicted octanol–water partition coefficient (Wildman–Crippen LogP) is 0.948. The molecule has 0 bridgehead atoms. The zero-order chi connectivity index (χ0) is 17.8. The maximum absolute atomic E-state index is 12.3. The molecule has 1 fully saturated rings. The standard InChI is InChI=1S/C17H22N4O4/c1-11(13-4-2-12(10-22)3-5-13)18-15-19-16(23)21(17(24)20-15)14-6-8-25-9-7-14/h2-5,11,14,22H,6-10H2,1H3,(H2,18,19,20,23,24). The van der Waals surface area contributed by atoms with E-state index in [4.69, 9.17) is 9.84 Å². The number of aromatic nitrogens is 3. The lowest BCUT2D eigenvalue weighted by Gasteiger charge is -2.23. The van der Waals surface area contributed by atoms with Crippen LogP contribution in [0, 0.1) is 0 Å². The molecular weight excluding hydrogens is 324 g/mol. The molecule has 8 heteroatoms. The summed E-state index contributed by atoms with van der Waals surface area (Å²) in [6, 6.07) is 7.08. The minimum absolute atomic E-state index is 0.0125. The molecule has 1 saturated heterocycles. The fraction of sp³-hybridized carbons (Fsp3) is 0.471. The van der Waals surface area contributed by atoms with Crippen LogP contribution in [0.4, 0.5) is 5.95 Å². The first-order valence-corrected chi connectivity index (χ1v) is 8.35. The van der Waals surface area contributed by atoms with Crippen molar-refractivity contribution in [2.45, 2.75) is 38.5 Å². The maximum Gasteiger partial charge on any atom is 0.355 e. The molecule has 1 aromatic heterocycles. The van der Waals surface area contributed by atoms with Gasteiger partial charge in [0.2, 0.25) is 5.95 Å². The fourth-order valence-corrected chi connectivity index (χ4v) is 2.96. The van der Waals surface area contributed by atoms with Crippen molar-refractivity contribution >= 4 is 5.95 Å². The van der Waals surface area contributed by atoms with Gasteiger partial charge in [-0.1, -0.05) is 24.3 Å². The lowest BCUT2D eigenvalue weighted by molar-refractivity contribution is 0.0670. The molecule has 1 atom stereocenters. The molecule has 0 amide bonds. The predicted molar refractivity (Wildman–Crippen MR) is 92.6 cm³/mol. The first-order chi connectivity index (χ1) is 12.1. The summed E-state index contributed by atoms with van der Waals surface area (Å²) < 4.78 is 6.44. The van der Waals surface area contributed by atoms with E-state index >= 15 is 0 Å². The number of aromatic amines is 1. The monoisotopic (exact) mass is 346 g/mol. The Morgan fingerprint density at radius 1 is 1.32 bits per heavy atom. The molecular formula is C17H22N4O4. The molecule has 3 rings (SSSR count). The summed E-state index contributed by atoms with van der Waals surface area (Å²) in [7, 11) is 0. The highest BCUT2D eigenvalue weighted by atomic mass is 16.5. The summed E-state index contributed by atoms with van der Waals surface area (Å²) >= 11 is 0. The molecule has 0 saturated carbocycles. The third kappa shape index (κ3) is 3.97. The van der Waals surface area contributed by atoms with Gasteiger partial charge in [-0.2, -0.15) is 4.98 Å². The Morgan fingerprint density at radius 3 is 2.60 bits per heavy atom. The van der Waals surface area contributed by atoms with E-state index in [1.165, 1.54) is 4.57 Å². The topological polar surface area (TPSA) is 109 Å². The van der Waals surface area contributed by atoms with Crippen molar-refractivity contribution in [3.63, 3.8) is 0 Å². The second-order valence-corrected chi connectivity index (χ2v) is 6.15. The number of hydrogen-bond acceptors (Lipinski definition) is 6. The number of nitrogens with one attached hydrogen (secondary N) is 2. The van der Waals surface area contributed by atoms with Gasteiger partial charge in [-0.25, -0.2) is 14.2 Å². The second-order valence-electron chi connectivity index (χ2n) is 6.15. The van der Waals surface area contributed by atoms with Crippen molar-refractivity contribution in [2.75, 3.05) is 18.5 Å². The van der Waals surface area contributed by atoms with Crippen LogP contribution < -0.4 is 16.7 Å². The summed E-state index contributed by atoms with van der Waals surface area (Å²) in [6.07, 6.45) is 1.26. The summed E-state index contributed by atoms with van der Waals surface area (Å²) in [5, 5.41) is 12.1. The highest BCUT2D eigenvalue weighted by molar-refractivity contribution is 5.32. The Morgan fingerprint density at radius 2 is 2.00 bits per heavy atom. The molecule has 25 heavy (non-hydrogen) atoms. The van der Waals surface area contributed by atoms with Crippen LogP contribution in [-0.2, 0) is 11.3 Å². The van der Waals surface area contributed by atoms with Gasteiger partial charge in [0.05, 0.1) is 12.6 Å². The molecule has 8 nitrogen and oxygen atoms in total. The summed E-state index contributed by atoms with van der Waals surface area (Å²) in [5.74, 6) is 0.150. The average molecular weight is 346 g/mol. The van der Waals surface area contributed by atoms with Crippen LogP contribution in [0.15, 0.2) is 33.9 Å². The molecule has 1 aromatic carbocycles. The van der Waals surface area contributed by atoms with Crippen molar-refractivity contribution in [3.8, 4) is 0 Å². The summed E-state index contributed by atoms with van der Waals surface area (Å²) in [4.78, 5) is 31.2. The van der Waals surface area contributed by atoms with Gasteiger partial charge in [0.1, 0.15) is 0 Å². The van der Waals surface area contributed by atoms with Crippen molar-refractivity contribution in [1.82, 2.24) is 14.5 Å². The number of aliphatic hydroxyl groups excluding tert-OH is 1. The molecule has 0 spiro atoms. The van der Waals surface area contributed by atoms with Gasteiger partial charge < -0.3 is 15.2 Å². The molecule has 0 radical (unpaired) electrons. The zero-order valence-electron chi connectivity index (χ0n) is 14.1. The van der Waals surface area contributed by atoms with Gasteiger partial charge in [-0.05, 0) is 30.9 Å². The van der Waals surface area contributed by atoms with E-state index in [9.17, 15) is 9.59 Å². The van der Waals surface area contributed by atoms with Gasteiger partial charge in [0.25, 0.3) is 0 Å². The molecule has 1 aliphatic rings. The number of nitrogens with zero attached hydrogens (tertiary/aromatic N) is 2.